The fourth-order valence-corrected chi connectivity index (χ4v) is 2.51. The van der Waals surface area contributed by atoms with Crippen molar-refractivity contribution in [3.63, 3.8) is 0 Å². The molecule has 92 valence electrons. The molecule has 0 radical (unpaired) electrons. The monoisotopic (exact) mass is 296 g/mol. The minimum atomic E-state index is 0.351. The summed E-state index contributed by atoms with van der Waals surface area (Å²) in [6, 6.07) is 8.43. The number of oxime groups is 1. The molecule has 0 bridgehead atoms. The van der Waals surface area contributed by atoms with Gasteiger partial charge in [-0.2, -0.15) is 0 Å². The van der Waals surface area contributed by atoms with Crippen molar-refractivity contribution in [2.75, 3.05) is 13.1 Å². The largest absolute Gasteiger partial charge is 0.411 e. The van der Waals surface area contributed by atoms with Crippen molar-refractivity contribution in [1.82, 2.24) is 4.90 Å². The third-order valence-electron chi connectivity index (χ3n) is 3.23. The number of hydrogen-bond donors (Lipinski definition) is 1. The Labute approximate surface area is 110 Å². The third-order valence-corrected chi connectivity index (χ3v) is 3.76. The van der Waals surface area contributed by atoms with E-state index in [0.29, 0.717) is 5.92 Å². The first-order valence-corrected chi connectivity index (χ1v) is 6.66. The van der Waals surface area contributed by atoms with E-state index in [1.54, 1.807) is 0 Å². The Morgan fingerprint density at radius 2 is 2.12 bits per heavy atom. The van der Waals surface area contributed by atoms with Gasteiger partial charge in [-0.25, -0.2) is 0 Å². The van der Waals surface area contributed by atoms with E-state index in [1.807, 2.05) is 0 Å². The first-order valence-electron chi connectivity index (χ1n) is 5.86. The van der Waals surface area contributed by atoms with Crippen LogP contribution in [0.5, 0.6) is 0 Å². The molecule has 17 heavy (non-hydrogen) atoms. The highest BCUT2D eigenvalue weighted by atomic mass is 79.9. The summed E-state index contributed by atoms with van der Waals surface area (Å²) in [4.78, 5) is 2.41. The van der Waals surface area contributed by atoms with Gasteiger partial charge in [-0.05, 0) is 17.7 Å². The lowest BCUT2D eigenvalue weighted by Gasteiger charge is -2.31. The van der Waals surface area contributed by atoms with E-state index in [0.717, 1.165) is 36.2 Å². The maximum absolute atomic E-state index is 8.83. The second-order valence-corrected chi connectivity index (χ2v) is 5.52. The van der Waals surface area contributed by atoms with Crippen LogP contribution in [-0.4, -0.2) is 28.9 Å². The van der Waals surface area contributed by atoms with Gasteiger partial charge >= 0.3 is 0 Å². The van der Waals surface area contributed by atoms with E-state index in [2.05, 4.69) is 57.2 Å². The van der Waals surface area contributed by atoms with Crippen molar-refractivity contribution < 1.29 is 5.21 Å². The normalized spacial score (nSPS) is 24.1. The average Bonchev–Trinajstić information content (AvgIpc) is 2.32. The summed E-state index contributed by atoms with van der Waals surface area (Å²) in [7, 11) is 0. The molecule has 1 heterocycles. The third kappa shape index (κ3) is 3.30. The Bertz CT molecular complexity index is 402. The minimum Gasteiger partial charge on any atom is -0.411 e. The topological polar surface area (TPSA) is 35.8 Å². The lowest BCUT2D eigenvalue weighted by molar-refractivity contribution is 0.228. The molecule has 1 atom stereocenters. The van der Waals surface area contributed by atoms with Gasteiger partial charge in [0.05, 0.1) is 5.71 Å². The molecular formula is C13H17BrN2O. The summed E-state index contributed by atoms with van der Waals surface area (Å²) in [5.74, 6) is 0.351. The number of halogens is 1. The Kier molecular flexibility index (Phi) is 4.18. The minimum absolute atomic E-state index is 0.351. The summed E-state index contributed by atoms with van der Waals surface area (Å²) < 4.78 is 1.11. The van der Waals surface area contributed by atoms with Crippen molar-refractivity contribution in [2.24, 2.45) is 11.1 Å². The van der Waals surface area contributed by atoms with Crippen molar-refractivity contribution >= 4 is 21.6 Å². The molecule has 2 rings (SSSR count). The molecule has 0 amide bonds. The fraction of sp³-hybridized carbons (Fsp3) is 0.462. The van der Waals surface area contributed by atoms with Crippen LogP contribution >= 0.6 is 15.9 Å². The molecule has 0 saturated carbocycles. The highest BCUT2D eigenvalue weighted by molar-refractivity contribution is 9.10. The van der Waals surface area contributed by atoms with E-state index in [1.165, 1.54) is 5.56 Å². The van der Waals surface area contributed by atoms with Crippen LogP contribution in [0.15, 0.2) is 33.9 Å². The van der Waals surface area contributed by atoms with Gasteiger partial charge < -0.3 is 5.21 Å². The summed E-state index contributed by atoms with van der Waals surface area (Å²) in [5, 5.41) is 12.2. The number of rotatable bonds is 2. The summed E-state index contributed by atoms with van der Waals surface area (Å²) in [6.45, 7) is 5.02. The Morgan fingerprint density at radius 3 is 2.71 bits per heavy atom. The van der Waals surface area contributed by atoms with Gasteiger partial charge in [-0.1, -0.05) is 40.1 Å². The fourth-order valence-electron chi connectivity index (χ4n) is 2.24. The molecule has 0 aromatic heterocycles. The van der Waals surface area contributed by atoms with Crippen LogP contribution in [0, 0.1) is 5.92 Å². The molecule has 4 heteroatoms. The molecule has 1 aromatic rings. The second kappa shape index (κ2) is 5.65. The van der Waals surface area contributed by atoms with Crippen LogP contribution in [0.4, 0.5) is 0 Å². The van der Waals surface area contributed by atoms with Gasteiger partial charge in [0.25, 0.3) is 0 Å². The Morgan fingerprint density at radius 1 is 1.41 bits per heavy atom. The second-order valence-electron chi connectivity index (χ2n) is 4.60. The Hall–Kier alpha value is -0.870. The van der Waals surface area contributed by atoms with Crippen LogP contribution in [0.3, 0.4) is 0 Å². The van der Waals surface area contributed by atoms with Crippen LogP contribution in [0.2, 0.25) is 0 Å². The molecule has 1 fully saturated rings. The number of benzene rings is 1. The zero-order valence-electron chi connectivity index (χ0n) is 9.93. The SMILES string of the molecule is CC1CN(Cc2ccc(Br)cc2)CC/C1=N\O. The van der Waals surface area contributed by atoms with E-state index >= 15 is 0 Å². The van der Waals surface area contributed by atoms with Crippen molar-refractivity contribution in [3.05, 3.63) is 34.3 Å². The van der Waals surface area contributed by atoms with E-state index in [9.17, 15) is 0 Å². The molecule has 1 aromatic carbocycles. The van der Waals surface area contributed by atoms with Crippen LogP contribution in [-0.2, 0) is 6.54 Å². The maximum atomic E-state index is 8.83. The number of nitrogens with zero attached hydrogens (tertiary/aromatic N) is 2. The molecule has 1 aliphatic heterocycles. The summed E-state index contributed by atoms with van der Waals surface area (Å²) >= 11 is 3.44. The van der Waals surface area contributed by atoms with Gasteiger partial charge in [-0.15, -0.1) is 0 Å². The zero-order chi connectivity index (χ0) is 12.3. The first-order chi connectivity index (χ1) is 8.19. The standard InChI is InChI=1S/C13H17BrN2O/c1-10-8-16(7-6-13(10)15-17)9-11-2-4-12(14)5-3-11/h2-5,10,17H,6-9H2,1H3/b15-13+. The molecular weight excluding hydrogens is 280 g/mol. The van der Waals surface area contributed by atoms with Crippen molar-refractivity contribution in [1.29, 1.82) is 0 Å². The molecule has 0 spiro atoms. The van der Waals surface area contributed by atoms with Gasteiger partial charge in [0.1, 0.15) is 0 Å². The predicted molar refractivity (Wildman–Crippen MR) is 72.4 cm³/mol. The number of piperidine rings is 1. The van der Waals surface area contributed by atoms with Crippen molar-refractivity contribution in [2.45, 2.75) is 19.9 Å². The molecule has 1 saturated heterocycles. The zero-order valence-corrected chi connectivity index (χ0v) is 11.5. The average molecular weight is 297 g/mol. The molecule has 1 unspecified atom stereocenters. The van der Waals surface area contributed by atoms with Gasteiger partial charge in [0, 0.05) is 36.4 Å². The maximum Gasteiger partial charge on any atom is 0.0624 e. The van der Waals surface area contributed by atoms with Gasteiger partial charge in [0.2, 0.25) is 0 Å². The summed E-state index contributed by atoms with van der Waals surface area (Å²) in [5.41, 5.74) is 2.25. The molecule has 1 aliphatic rings. The molecule has 3 nitrogen and oxygen atoms in total. The molecule has 1 N–H and O–H groups in total. The lowest BCUT2D eigenvalue weighted by atomic mass is 9.97. The highest BCUT2D eigenvalue weighted by Crippen LogP contribution is 2.17. The quantitative estimate of drug-likeness (QED) is 0.672. The Balaban J connectivity index is 1.95. The summed E-state index contributed by atoms with van der Waals surface area (Å²) in [6.07, 6.45) is 0.869. The van der Waals surface area contributed by atoms with E-state index in [4.69, 9.17) is 5.21 Å². The first kappa shape index (κ1) is 12.6. The lowest BCUT2D eigenvalue weighted by Crippen LogP contribution is -2.39. The number of likely N-dealkylation sites (tertiary alicyclic amines) is 1. The highest BCUT2D eigenvalue weighted by Gasteiger charge is 2.22. The van der Waals surface area contributed by atoms with Crippen LogP contribution in [0.1, 0.15) is 18.9 Å². The van der Waals surface area contributed by atoms with Crippen LogP contribution < -0.4 is 0 Å². The predicted octanol–water partition coefficient (Wildman–Crippen LogP) is 3.12. The van der Waals surface area contributed by atoms with Crippen molar-refractivity contribution in [3.8, 4) is 0 Å². The van der Waals surface area contributed by atoms with Gasteiger partial charge in [0.15, 0.2) is 0 Å². The van der Waals surface area contributed by atoms with Gasteiger partial charge in [-0.3, -0.25) is 4.90 Å². The number of hydrogen-bond acceptors (Lipinski definition) is 3. The smallest absolute Gasteiger partial charge is 0.0624 e. The molecule has 0 aliphatic carbocycles. The van der Waals surface area contributed by atoms with E-state index in [-0.39, 0.29) is 0 Å². The van der Waals surface area contributed by atoms with E-state index < -0.39 is 0 Å². The van der Waals surface area contributed by atoms with Crippen LogP contribution in [0.25, 0.3) is 0 Å².